The van der Waals surface area contributed by atoms with Crippen molar-refractivity contribution >= 4 is 33.9 Å². The summed E-state index contributed by atoms with van der Waals surface area (Å²) >= 11 is 3.12. The molecule has 0 radical (unpaired) electrons. The molecule has 1 aliphatic heterocycles. The van der Waals surface area contributed by atoms with Crippen molar-refractivity contribution in [3.8, 4) is 0 Å². The third kappa shape index (κ3) is 5.85. The number of anilines is 1. The molecule has 1 saturated heterocycles. The highest BCUT2D eigenvalue weighted by molar-refractivity contribution is 7.10. The van der Waals surface area contributed by atoms with E-state index in [-0.39, 0.29) is 5.91 Å². The number of aromatic nitrogens is 2. The predicted octanol–water partition coefficient (Wildman–Crippen LogP) is 2.67. The van der Waals surface area contributed by atoms with Gasteiger partial charge in [-0.2, -0.15) is 4.37 Å². The summed E-state index contributed by atoms with van der Waals surface area (Å²) < 4.78 is 4.53. The zero-order valence-corrected chi connectivity index (χ0v) is 17.9. The maximum absolute atomic E-state index is 12.0. The van der Waals surface area contributed by atoms with Crippen LogP contribution >= 0.6 is 22.9 Å². The van der Waals surface area contributed by atoms with Gasteiger partial charge in [0.25, 0.3) is 0 Å². The quantitative estimate of drug-likeness (QED) is 0.599. The van der Waals surface area contributed by atoms with Crippen molar-refractivity contribution in [3.05, 3.63) is 64.1 Å². The summed E-state index contributed by atoms with van der Waals surface area (Å²) in [6, 6.07) is 14.3. The van der Waals surface area contributed by atoms with Crippen LogP contribution in [0.3, 0.4) is 0 Å². The first-order valence-corrected chi connectivity index (χ1v) is 11.5. The molecule has 3 heterocycles. The van der Waals surface area contributed by atoms with Gasteiger partial charge in [0.2, 0.25) is 11.0 Å². The van der Waals surface area contributed by atoms with E-state index >= 15 is 0 Å². The van der Waals surface area contributed by atoms with Crippen LogP contribution in [0.2, 0.25) is 0 Å². The lowest BCUT2D eigenvalue weighted by Crippen LogP contribution is -2.48. The number of piperazine rings is 1. The number of hydrogen-bond acceptors (Lipinski definition) is 7. The van der Waals surface area contributed by atoms with Crippen molar-refractivity contribution in [2.75, 3.05) is 44.2 Å². The second-order valence-electron chi connectivity index (χ2n) is 7.09. The number of carbonyl (C=O) groups excluding carboxylic acids is 1. The van der Waals surface area contributed by atoms with Crippen molar-refractivity contribution in [2.45, 2.75) is 12.8 Å². The van der Waals surface area contributed by atoms with Gasteiger partial charge in [0, 0.05) is 62.1 Å². The van der Waals surface area contributed by atoms with Crippen LogP contribution in [0.4, 0.5) is 5.13 Å². The van der Waals surface area contributed by atoms with Gasteiger partial charge in [-0.15, -0.1) is 11.3 Å². The van der Waals surface area contributed by atoms with E-state index in [1.807, 2.05) is 35.7 Å². The SMILES string of the molecule is O=C(Cc1cccs1)NCCN1CCN(c2nc(Cc3ccccc3)ns2)CC1. The average Bonchev–Trinajstić information content (AvgIpc) is 3.42. The third-order valence-corrected chi connectivity index (χ3v) is 6.66. The second-order valence-corrected chi connectivity index (χ2v) is 8.85. The molecule has 1 aromatic carbocycles. The number of nitrogens with zero attached hydrogens (tertiary/aromatic N) is 4. The Morgan fingerprint density at radius 2 is 1.90 bits per heavy atom. The molecule has 8 heteroatoms. The number of hydrogen-bond donors (Lipinski definition) is 1. The lowest BCUT2D eigenvalue weighted by Gasteiger charge is -2.34. The van der Waals surface area contributed by atoms with E-state index < -0.39 is 0 Å². The van der Waals surface area contributed by atoms with Crippen molar-refractivity contribution < 1.29 is 4.79 Å². The number of amides is 1. The molecule has 0 spiro atoms. The maximum atomic E-state index is 12.0. The van der Waals surface area contributed by atoms with Gasteiger partial charge in [-0.05, 0) is 17.0 Å². The number of benzene rings is 1. The minimum atomic E-state index is 0.103. The molecule has 0 unspecified atom stereocenters. The molecule has 29 heavy (non-hydrogen) atoms. The topological polar surface area (TPSA) is 61.4 Å². The third-order valence-electron chi connectivity index (χ3n) is 4.97. The van der Waals surface area contributed by atoms with E-state index in [4.69, 9.17) is 4.98 Å². The molecule has 6 nitrogen and oxygen atoms in total. The van der Waals surface area contributed by atoms with Crippen LogP contribution in [-0.2, 0) is 17.6 Å². The molecule has 1 aliphatic rings. The average molecular weight is 428 g/mol. The number of thiophene rings is 1. The summed E-state index contributed by atoms with van der Waals surface area (Å²) in [4.78, 5) is 22.5. The summed E-state index contributed by atoms with van der Waals surface area (Å²) in [6.07, 6.45) is 1.26. The molecule has 4 rings (SSSR count). The van der Waals surface area contributed by atoms with E-state index in [1.165, 1.54) is 17.1 Å². The van der Waals surface area contributed by atoms with Crippen molar-refractivity contribution in [2.24, 2.45) is 0 Å². The van der Waals surface area contributed by atoms with Gasteiger partial charge in [0.1, 0.15) is 5.82 Å². The summed E-state index contributed by atoms with van der Waals surface area (Å²) in [5, 5.41) is 6.05. The zero-order chi connectivity index (χ0) is 19.9. The van der Waals surface area contributed by atoms with E-state index in [9.17, 15) is 4.79 Å². The highest BCUT2D eigenvalue weighted by Gasteiger charge is 2.20. The van der Waals surface area contributed by atoms with Crippen molar-refractivity contribution in [3.63, 3.8) is 0 Å². The second kappa shape index (κ2) is 9.96. The van der Waals surface area contributed by atoms with E-state index in [2.05, 4.69) is 31.6 Å². The lowest BCUT2D eigenvalue weighted by molar-refractivity contribution is -0.120. The molecular formula is C21H25N5OS2. The molecule has 1 N–H and O–H groups in total. The molecule has 152 valence electrons. The minimum absolute atomic E-state index is 0.103. The van der Waals surface area contributed by atoms with Crippen LogP contribution in [0, 0.1) is 0 Å². The number of carbonyl (C=O) groups is 1. The Kier molecular flexibility index (Phi) is 6.87. The summed E-state index contributed by atoms with van der Waals surface area (Å²) in [5.74, 6) is 0.998. The van der Waals surface area contributed by atoms with Crippen LogP contribution < -0.4 is 10.2 Å². The minimum Gasteiger partial charge on any atom is -0.355 e. The van der Waals surface area contributed by atoms with Gasteiger partial charge >= 0.3 is 0 Å². The fourth-order valence-corrected chi connectivity index (χ4v) is 4.81. The van der Waals surface area contributed by atoms with Crippen molar-refractivity contribution in [1.82, 2.24) is 19.6 Å². The highest BCUT2D eigenvalue weighted by Crippen LogP contribution is 2.20. The first-order valence-electron chi connectivity index (χ1n) is 9.89. The maximum Gasteiger partial charge on any atom is 0.225 e. The molecule has 3 aromatic rings. The Bertz CT molecular complexity index is 889. The number of rotatable bonds is 8. The molecule has 0 atom stereocenters. The summed E-state index contributed by atoms with van der Waals surface area (Å²) in [6.45, 7) is 5.44. The van der Waals surface area contributed by atoms with Gasteiger partial charge in [-0.1, -0.05) is 36.4 Å². The summed E-state index contributed by atoms with van der Waals surface area (Å²) in [5.41, 5.74) is 1.24. The van der Waals surface area contributed by atoms with Crippen LogP contribution in [0.1, 0.15) is 16.3 Å². The monoisotopic (exact) mass is 427 g/mol. The lowest BCUT2D eigenvalue weighted by atomic mass is 10.1. The molecule has 2 aromatic heterocycles. The zero-order valence-electron chi connectivity index (χ0n) is 16.3. The van der Waals surface area contributed by atoms with Gasteiger partial charge in [0.15, 0.2) is 0 Å². The largest absolute Gasteiger partial charge is 0.355 e. The van der Waals surface area contributed by atoms with E-state index in [0.717, 1.165) is 55.0 Å². The Labute approximate surface area is 179 Å². The Hall–Kier alpha value is -2.29. The molecule has 0 bridgehead atoms. The van der Waals surface area contributed by atoms with Crippen LogP contribution in [0.5, 0.6) is 0 Å². The smallest absolute Gasteiger partial charge is 0.225 e. The van der Waals surface area contributed by atoms with E-state index in [0.29, 0.717) is 13.0 Å². The Morgan fingerprint density at radius 1 is 1.07 bits per heavy atom. The first-order chi connectivity index (χ1) is 14.3. The predicted molar refractivity (Wildman–Crippen MR) is 119 cm³/mol. The molecule has 1 fully saturated rings. The van der Waals surface area contributed by atoms with Gasteiger partial charge in [-0.25, -0.2) is 4.98 Å². The van der Waals surface area contributed by atoms with Crippen LogP contribution in [0.25, 0.3) is 0 Å². The Balaban J connectivity index is 1.17. The normalized spacial score (nSPS) is 14.8. The molecule has 0 aliphatic carbocycles. The molecule has 1 amide bonds. The van der Waals surface area contributed by atoms with Gasteiger partial charge < -0.3 is 10.2 Å². The molecule has 0 saturated carbocycles. The van der Waals surface area contributed by atoms with Crippen LogP contribution in [0.15, 0.2) is 47.8 Å². The fraction of sp³-hybridized carbons (Fsp3) is 0.381. The fourth-order valence-electron chi connectivity index (χ4n) is 3.37. The van der Waals surface area contributed by atoms with E-state index in [1.54, 1.807) is 11.3 Å². The first kappa shape index (κ1) is 20.0. The molecular weight excluding hydrogens is 402 g/mol. The standard InChI is InChI=1S/C21H25N5OS2/c27-20(16-18-7-4-14-28-18)22-8-9-25-10-12-26(13-11-25)21-23-19(24-29-21)15-17-5-2-1-3-6-17/h1-7,14H,8-13,15-16H2,(H,22,27). The van der Waals surface area contributed by atoms with Crippen LogP contribution in [-0.4, -0.2) is 59.4 Å². The van der Waals surface area contributed by atoms with Gasteiger partial charge in [0.05, 0.1) is 6.42 Å². The Morgan fingerprint density at radius 3 is 2.66 bits per heavy atom. The summed E-state index contributed by atoms with van der Waals surface area (Å²) in [7, 11) is 0. The van der Waals surface area contributed by atoms with Gasteiger partial charge in [-0.3, -0.25) is 9.69 Å². The highest BCUT2D eigenvalue weighted by atomic mass is 32.1. The van der Waals surface area contributed by atoms with Crippen molar-refractivity contribution in [1.29, 1.82) is 0 Å². The number of nitrogens with one attached hydrogen (secondary N) is 1.